The first-order chi connectivity index (χ1) is 12.0. The summed E-state index contributed by atoms with van der Waals surface area (Å²) >= 11 is 1.68. The Bertz CT molecular complexity index is 703. The van der Waals surface area contributed by atoms with E-state index >= 15 is 0 Å². The molecule has 1 aromatic carbocycles. The van der Waals surface area contributed by atoms with Gasteiger partial charge in [-0.1, -0.05) is 13.0 Å². The molecule has 0 radical (unpaired) electrons. The number of nitrogens with one attached hydrogen (secondary N) is 2. The van der Waals surface area contributed by atoms with Gasteiger partial charge in [0.15, 0.2) is 5.96 Å². The second kappa shape index (κ2) is 11.3. The highest BCUT2D eigenvalue weighted by Gasteiger charge is 2.10. The molecule has 26 heavy (non-hydrogen) atoms. The van der Waals surface area contributed by atoms with Gasteiger partial charge in [-0.25, -0.2) is 9.37 Å². The Hall–Kier alpha value is -1.42. The fourth-order valence-electron chi connectivity index (χ4n) is 2.21. The lowest BCUT2D eigenvalue weighted by molar-refractivity contribution is 0.199. The third-order valence-electron chi connectivity index (χ3n) is 3.75. The van der Waals surface area contributed by atoms with Crippen LogP contribution in [0.15, 0.2) is 29.3 Å². The van der Waals surface area contributed by atoms with Crippen molar-refractivity contribution in [2.75, 3.05) is 13.6 Å². The lowest BCUT2D eigenvalue weighted by Crippen LogP contribution is -2.42. The number of thiazole rings is 1. The summed E-state index contributed by atoms with van der Waals surface area (Å²) in [5.41, 5.74) is 1.07. The number of benzene rings is 1. The largest absolute Gasteiger partial charge is 0.489 e. The molecule has 2 N–H and O–H groups in total. The van der Waals surface area contributed by atoms with E-state index in [1.165, 1.54) is 17.0 Å². The molecular weight excluding hydrogens is 466 g/mol. The van der Waals surface area contributed by atoms with Gasteiger partial charge in [-0.3, -0.25) is 4.99 Å². The number of hydrogen-bond acceptors (Lipinski definition) is 4. The monoisotopic (exact) mass is 492 g/mol. The number of guanidine groups is 1. The first-order valence-electron chi connectivity index (χ1n) is 8.31. The minimum atomic E-state index is -0.299. The number of aryl methyl sites for hydroxylation is 2. The lowest BCUT2D eigenvalue weighted by atomic mass is 10.2. The average Bonchev–Trinajstić information content (AvgIpc) is 2.92. The van der Waals surface area contributed by atoms with Crippen LogP contribution < -0.4 is 15.4 Å². The van der Waals surface area contributed by atoms with Gasteiger partial charge in [0.1, 0.15) is 22.7 Å². The Morgan fingerprint density at radius 2 is 2.12 bits per heavy atom. The molecule has 1 heterocycles. The van der Waals surface area contributed by atoms with Gasteiger partial charge in [-0.2, -0.15) is 0 Å². The van der Waals surface area contributed by atoms with E-state index in [1.807, 2.05) is 13.8 Å². The summed E-state index contributed by atoms with van der Waals surface area (Å²) in [6.07, 6.45) is 0.718. The van der Waals surface area contributed by atoms with Crippen LogP contribution in [-0.2, 0) is 6.54 Å². The van der Waals surface area contributed by atoms with Crippen LogP contribution >= 0.6 is 35.3 Å². The molecule has 1 aromatic heterocycles. The predicted molar refractivity (Wildman–Crippen MR) is 116 cm³/mol. The highest BCUT2D eigenvalue weighted by molar-refractivity contribution is 14.0. The highest BCUT2D eigenvalue weighted by Crippen LogP contribution is 2.16. The molecule has 0 aliphatic rings. The highest BCUT2D eigenvalue weighted by atomic mass is 127. The fraction of sp³-hybridized carbons (Fsp3) is 0.444. The molecule has 0 saturated carbocycles. The maximum absolute atomic E-state index is 13.3. The van der Waals surface area contributed by atoms with Crippen LogP contribution in [0.2, 0.25) is 0 Å². The van der Waals surface area contributed by atoms with Gasteiger partial charge < -0.3 is 15.4 Å². The molecule has 0 fully saturated rings. The van der Waals surface area contributed by atoms with Gasteiger partial charge in [0, 0.05) is 18.0 Å². The van der Waals surface area contributed by atoms with Crippen molar-refractivity contribution in [3.8, 4) is 5.75 Å². The minimum Gasteiger partial charge on any atom is -0.489 e. The molecule has 0 aliphatic heterocycles. The van der Waals surface area contributed by atoms with Gasteiger partial charge >= 0.3 is 0 Å². The second-order valence-electron chi connectivity index (χ2n) is 5.66. The van der Waals surface area contributed by atoms with Crippen LogP contribution in [-0.4, -0.2) is 30.6 Å². The third-order valence-corrected chi connectivity index (χ3v) is 4.83. The van der Waals surface area contributed by atoms with E-state index in [0.29, 0.717) is 24.8 Å². The number of ether oxygens (including phenoxy) is 1. The summed E-state index contributed by atoms with van der Waals surface area (Å²) in [6.45, 7) is 7.31. The lowest BCUT2D eigenvalue weighted by Gasteiger charge is -2.19. The van der Waals surface area contributed by atoms with Crippen molar-refractivity contribution in [1.29, 1.82) is 0 Å². The number of nitrogens with zero attached hydrogens (tertiary/aromatic N) is 2. The summed E-state index contributed by atoms with van der Waals surface area (Å²) < 4.78 is 19.1. The normalized spacial score (nSPS) is 12.3. The molecule has 0 saturated heterocycles. The average molecular weight is 492 g/mol. The summed E-state index contributed by atoms with van der Waals surface area (Å²) in [5.74, 6) is 0.920. The second-order valence-corrected chi connectivity index (χ2v) is 6.95. The summed E-state index contributed by atoms with van der Waals surface area (Å²) in [5, 5.41) is 7.52. The Labute approximate surface area is 175 Å². The van der Waals surface area contributed by atoms with E-state index in [4.69, 9.17) is 4.74 Å². The first-order valence-corrected chi connectivity index (χ1v) is 9.13. The van der Waals surface area contributed by atoms with Crippen molar-refractivity contribution in [2.24, 2.45) is 4.99 Å². The van der Waals surface area contributed by atoms with E-state index in [2.05, 4.69) is 27.5 Å². The molecule has 0 aliphatic carbocycles. The van der Waals surface area contributed by atoms with Crippen LogP contribution in [0.4, 0.5) is 4.39 Å². The Morgan fingerprint density at radius 1 is 1.35 bits per heavy atom. The van der Waals surface area contributed by atoms with Crippen molar-refractivity contribution in [3.05, 3.63) is 45.7 Å². The molecule has 5 nitrogen and oxygen atoms in total. The molecule has 0 spiro atoms. The smallest absolute Gasteiger partial charge is 0.191 e. The molecular formula is C18H26FIN4OS. The van der Waals surface area contributed by atoms with Gasteiger partial charge in [0.05, 0.1) is 18.8 Å². The van der Waals surface area contributed by atoms with Gasteiger partial charge in [-0.05, 0) is 32.4 Å². The summed E-state index contributed by atoms with van der Waals surface area (Å²) in [4.78, 5) is 9.95. The van der Waals surface area contributed by atoms with Crippen molar-refractivity contribution < 1.29 is 9.13 Å². The van der Waals surface area contributed by atoms with Crippen LogP contribution in [0, 0.1) is 19.7 Å². The van der Waals surface area contributed by atoms with Gasteiger partial charge in [0.2, 0.25) is 0 Å². The number of halogens is 2. The van der Waals surface area contributed by atoms with E-state index in [-0.39, 0.29) is 35.9 Å². The van der Waals surface area contributed by atoms with Crippen LogP contribution in [0.3, 0.4) is 0 Å². The van der Waals surface area contributed by atoms with Crippen LogP contribution in [0.25, 0.3) is 0 Å². The number of rotatable bonds is 7. The predicted octanol–water partition coefficient (Wildman–Crippen LogP) is 4.04. The standard InChI is InChI=1S/C18H25FN4OS.HI/c1-5-15(24-16-8-6-7-14(19)9-16)10-21-18(20-4)22-11-17-23-12(2)13(3)25-17;/h6-9,15H,5,10-11H2,1-4H3,(H2,20,21,22);1H. The molecule has 2 aromatic rings. The van der Waals surface area contributed by atoms with Crippen LogP contribution in [0.5, 0.6) is 5.75 Å². The first kappa shape index (κ1) is 22.6. The molecule has 0 bridgehead atoms. The van der Waals surface area contributed by atoms with E-state index in [9.17, 15) is 4.39 Å². The molecule has 8 heteroatoms. The topological polar surface area (TPSA) is 58.5 Å². The number of aromatic nitrogens is 1. The maximum atomic E-state index is 13.3. The zero-order valence-electron chi connectivity index (χ0n) is 15.5. The minimum absolute atomic E-state index is 0. The Kier molecular flexibility index (Phi) is 9.85. The van der Waals surface area contributed by atoms with Crippen LogP contribution in [0.1, 0.15) is 28.9 Å². The fourth-order valence-corrected chi connectivity index (χ4v) is 3.08. The van der Waals surface area contributed by atoms with Crippen molar-refractivity contribution in [3.63, 3.8) is 0 Å². The van der Waals surface area contributed by atoms with E-state index < -0.39 is 0 Å². The van der Waals surface area contributed by atoms with Crippen molar-refractivity contribution >= 4 is 41.3 Å². The maximum Gasteiger partial charge on any atom is 0.191 e. The summed E-state index contributed by atoms with van der Waals surface area (Å²) in [7, 11) is 1.72. The summed E-state index contributed by atoms with van der Waals surface area (Å²) in [6, 6.07) is 6.19. The van der Waals surface area contributed by atoms with Crippen molar-refractivity contribution in [1.82, 2.24) is 15.6 Å². The Morgan fingerprint density at radius 3 is 2.69 bits per heavy atom. The number of aliphatic imine (C=N–C) groups is 1. The molecule has 1 unspecified atom stereocenters. The van der Waals surface area contributed by atoms with E-state index in [0.717, 1.165) is 17.1 Å². The van der Waals surface area contributed by atoms with E-state index in [1.54, 1.807) is 30.5 Å². The molecule has 1 atom stereocenters. The van der Waals surface area contributed by atoms with Gasteiger partial charge in [0.25, 0.3) is 0 Å². The Balaban J connectivity index is 0.00000338. The number of hydrogen-bond donors (Lipinski definition) is 2. The molecule has 144 valence electrons. The van der Waals surface area contributed by atoms with Gasteiger partial charge in [-0.15, -0.1) is 35.3 Å². The SMILES string of the molecule is CCC(CNC(=NC)NCc1nc(C)c(C)s1)Oc1cccc(F)c1.I. The zero-order valence-corrected chi connectivity index (χ0v) is 18.7. The zero-order chi connectivity index (χ0) is 18.2. The molecule has 0 amide bonds. The van der Waals surface area contributed by atoms with Crippen molar-refractivity contribution in [2.45, 2.75) is 39.8 Å². The third kappa shape index (κ3) is 7.06. The quantitative estimate of drug-likeness (QED) is 0.348. The molecule has 2 rings (SSSR count).